The van der Waals surface area contributed by atoms with E-state index in [1.165, 1.54) is 16.4 Å². The summed E-state index contributed by atoms with van der Waals surface area (Å²) in [5, 5.41) is 4.62. The molecular weight excluding hydrogens is 244 g/mol. The number of anilines is 1. The third-order valence-corrected chi connectivity index (χ3v) is 4.85. The Hall–Kier alpha value is -0.650. The molecular formula is C13H24N4S. The Kier molecular flexibility index (Phi) is 4.59. The lowest BCUT2D eigenvalue weighted by atomic mass is 10.2. The lowest BCUT2D eigenvalue weighted by Crippen LogP contribution is -2.31. The van der Waals surface area contributed by atoms with Crippen molar-refractivity contribution in [2.45, 2.75) is 32.4 Å². The van der Waals surface area contributed by atoms with Crippen molar-refractivity contribution in [3.63, 3.8) is 0 Å². The molecule has 1 fully saturated rings. The number of hydrogen-bond donors (Lipinski definition) is 1. The normalized spacial score (nSPS) is 21.8. The maximum atomic E-state index is 4.58. The Bertz CT molecular complexity index is 377. The Balaban J connectivity index is 1.98. The van der Waals surface area contributed by atoms with Gasteiger partial charge >= 0.3 is 0 Å². The summed E-state index contributed by atoms with van der Waals surface area (Å²) in [6.07, 6.45) is 3.26. The maximum absolute atomic E-state index is 4.58. The standard InChI is InChI=1S/C13H24N4S/c1-5-14-10(2)12-8-15-13(18-12)17-7-6-11(9-17)16(3)4/h8,10-11,14H,5-7,9H2,1-4H3. The quantitative estimate of drug-likeness (QED) is 0.884. The summed E-state index contributed by atoms with van der Waals surface area (Å²) < 4.78 is 0. The van der Waals surface area contributed by atoms with E-state index in [9.17, 15) is 0 Å². The van der Waals surface area contributed by atoms with E-state index in [0.717, 1.165) is 19.6 Å². The molecule has 1 aliphatic heterocycles. The minimum absolute atomic E-state index is 0.411. The smallest absolute Gasteiger partial charge is 0.185 e. The van der Waals surface area contributed by atoms with Gasteiger partial charge in [0.15, 0.2) is 5.13 Å². The van der Waals surface area contributed by atoms with Crippen LogP contribution in [-0.2, 0) is 0 Å². The second-order valence-electron chi connectivity index (χ2n) is 5.18. The van der Waals surface area contributed by atoms with Crippen LogP contribution in [0.5, 0.6) is 0 Å². The third-order valence-electron chi connectivity index (χ3n) is 3.61. The van der Waals surface area contributed by atoms with Gasteiger partial charge in [-0.05, 0) is 34.0 Å². The zero-order valence-electron chi connectivity index (χ0n) is 11.8. The van der Waals surface area contributed by atoms with Crippen molar-refractivity contribution in [1.82, 2.24) is 15.2 Å². The van der Waals surface area contributed by atoms with Crippen LogP contribution in [0.25, 0.3) is 0 Å². The molecule has 1 saturated heterocycles. The zero-order valence-corrected chi connectivity index (χ0v) is 12.6. The van der Waals surface area contributed by atoms with Gasteiger partial charge in [0.05, 0.1) is 0 Å². The predicted molar refractivity (Wildman–Crippen MR) is 78.5 cm³/mol. The molecule has 0 spiro atoms. The third kappa shape index (κ3) is 3.02. The fourth-order valence-electron chi connectivity index (χ4n) is 2.37. The minimum atomic E-state index is 0.411. The van der Waals surface area contributed by atoms with Gasteiger partial charge in [-0.15, -0.1) is 11.3 Å². The second-order valence-corrected chi connectivity index (χ2v) is 6.22. The van der Waals surface area contributed by atoms with Crippen molar-refractivity contribution in [1.29, 1.82) is 0 Å². The fraction of sp³-hybridized carbons (Fsp3) is 0.769. The first kappa shape index (κ1) is 13.8. The number of nitrogens with one attached hydrogen (secondary N) is 1. The molecule has 0 amide bonds. The van der Waals surface area contributed by atoms with Crippen molar-refractivity contribution >= 4 is 16.5 Å². The highest BCUT2D eigenvalue weighted by atomic mass is 32.1. The number of nitrogens with zero attached hydrogens (tertiary/aromatic N) is 3. The van der Waals surface area contributed by atoms with Gasteiger partial charge in [-0.1, -0.05) is 6.92 Å². The van der Waals surface area contributed by atoms with Gasteiger partial charge < -0.3 is 15.1 Å². The lowest BCUT2D eigenvalue weighted by molar-refractivity contribution is 0.315. The summed E-state index contributed by atoms with van der Waals surface area (Å²) in [5.74, 6) is 0. The molecule has 102 valence electrons. The van der Waals surface area contributed by atoms with Crippen LogP contribution in [0.3, 0.4) is 0 Å². The van der Waals surface area contributed by atoms with Crippen LogP contribution in [0.4, 0.5) is 5.13 Å². The van der Waals surface area contributed by atoms with Crippen LogP contribution in [-0.4, -0.2) is 49.7 Å². The summed E-state index contributed by atoms with van der Waals surface area (Å²) >= 11 is 1.83. The Morgan fingerprint density at radius 3 is 3.00 bits per heavy atom. The molecule has 0 saturated carbocycles. The maximum Gasteiger partial charge on any atom is 0.185 e. The Morgan fingerprint density at radius 1 is 1.61 bits per heavy atom. The highest BCUT2D eigenvalue weighted by Crippen LogP contribution is 2.29. The molecule has 2 rings (SSSR count). The SMILES string of the molecule is CCNC(C)c1cnc(N2CCC(N(C)C)C2)s1. The van der Waals surface area contributed by atoms with Crippen molar-refractivity contribution in [3.8, 4) is 0 Å². The van der Waals surface area contributed by atoms with E-state index in [1.807, 2.05) is 17.5 Å². The molecule has 2 atom stereocenters. The van der Waals surface area contributed by atoms with Crippen LogP contribution in [0.1, 0.15) is 31.2 Å². The first-order valence-corrected chi connectivity index (χ1v) is 7.54. The highest BCUT2D eigenvalue weighted by Gasteiger charge is 2.26. The molecule has 2 unspecified atom stereocenters. The van der Waals surface area contributed by atoms with Crippen LogP contribution in [0, 0.1) is 0 Å². The van der Waals surface area contributed by atoms with Gasteiger partial charge in [0.2, 0.25) is 0 Å². The van der Waals surface area contributed by atoms with Crippen LogP contribution in [0.2, 0.25) is 0 Å². The van der Waals surface area contributed by atoms with E-state index in [1.54, 1.807) is 0 Å². The number of rotatable bonds is 5. The molecule has 1 N–H and O–H groups in total. The molecule has 1 aromatic rings. The minimum Gasteiger partial charge on any atom is -0.346 e. The van der Waals surface area contributed by atoms with Crippen molar-refractivity contribution in [2.24, 2.45) is 0 Å². The van der Waals surface area contributed by atoms with E-state index >= 15 is 0 Å². The zero-order chi connectivity index (χ0) is 13.1. The number of aromatic nitrogens is 1. The molecule has 0 aromatic carbocycles. The molecule has 5 heteroatoms. The van der Waals surface area contributed by atoms with Crippen LogP contribution >= 0.6 is 11.3 Å². The van der Waals surface area contributed by atoms with Crippen LogP contribution < -0.4 is 10.2 Å². The van der Waals surface area contributed by atoms with Gasteiger partial charge in [0.1, 0.15) is 0 Å². The molecule has 4 nitrogen and oxygen atoms in total. The topological polar surface area (TPSA) is 31.4 Å². The fourth-order valence-corrected chi connectivity index (χ4v) is 3.34. The second kappa shape index (κ2) is 5.99. The van der Waals surface area contributed by atoms with Gasteiger partial charge in [-0.25, -0.2) is 4.98 Å². The summed E-state index contributed by atoms with van der Waals surface area (Å²) in [5.41, 5.74) is 0. The van der Waals surface area contributed by atoms with E-state index in [-0.39, 0.29) is 0 Å². The summed E-state index contributed by atoms with van der Waals surface area (Å²) in [6, 6.07) is 1.08. The Morgan fingerprint density at radius 2 is 2.39 bits per heavy atom. The molecule has 0 radical (unpaired) electrons. The predicted octanol–water partition coefficient (Wildman–Crippen LogP) is 1.95. The number of likely N-dealkylation sites (N-methyl/N-ethyl adjacent to an activating group) is 1. The van der Waals surface area contributed by atoms with Crippen molar-refractivity contribution in [3.05, 3.63) is 11.1 Å². The highest BCUT2D eigenvalue weighted by molar-refractivity contribution is 7.15. The average molecular weight is 268 g/mol. The monoisotopic (exact) mass is 268 g/mol. The van der Waals surface area contributed by atoms with Gasteiger partial charge in [-0.2, -0.15) is 0 Å². The van der Waals surface area contributed by atoms with E-state index in [0.29, 0.717) is 12.1 Å². The van der Waals surface area contributed by atoms with E-state index < -0.39 is 0 Å². The average Bonchev–Trinajstić information content (AvgIpc) is 2.98. The summed E-state index contributed by atoms with van der Waals surface area (Å²) in [7, 11) is 4.32. The molecule has 18 heavy (non-hydrogen) atoms. The van der Waals surface area contributed by atoms with Gasteiger partial charge in [0, 0.05) is 36.2 Å². The van der Waals surface area contributed by atoms with Gasteiger partial charge in [-0.3, -0.25) is 0 Å². The van der Waals surface area contributed by atoms with E-state index in [4.69, 9.17) is 0 Å². The van der Waals surface area contributed by atoms with E-state index in [2.05, 4.69) is 48.0 Å². The van der Waals surface area contributed by atoms with Crippen molar-refractivity contribution < 1.29 is 0 Å². The van der Waals surface area contributed by atoms with Crippen LogP contribution in [0.15, 0.2) is 6.20 Å². The number of thiazole rings is 1. The summed E-state index contributed by atoms with van der Waals surface area (Å²) in [6.45, 7) is 7.58. The first-order valence-electron chi connectivity index (χ1n) is 6.72. The summed E-state index contributed by atoms with van der Waals surface area (Å²) in [4.78, 5) is 10.6. The largest absolute Gasteiger partial charge is 0.346 e. The molecule has 2 heterocycles. The molecule has 1 aromatic heterocycles. The van der Waals surface area contributed by atoms with Gasteiger partial charge in [0.25, 0.3) is 0 Å². The number of hydrogen-bond acceptors (Lipinski definition) is 5. The molecule has 0 aliphatic carbocycles. The molecule has 0 bridgehead atoms. The lowest BCUT2D eigenvalue weighted by Gasteiger charge is -2.19. The molecule has 1 aliphatic rings. The Labute approximate surface area is 114 Å². The van der Waals surface area contributed by atoms with Crippen molar-refractivity contribution in [2.75, 3.05) is 38.6 Å². The first-order chi connectivity index (χ1) is 8.61.